The van der Waals surface area contributed by atoms with Crippen LogP contribution in [0.5, 0.6) is 5.75 Å². The summed E-state index contributed by atoms with van der Waals surface area (Å²) in [5.41, 5.74) is 1.95. The fourth-order valence-electron chi connectivity index (χ4n) is 2.74. The molecular weight excluding hydrogens is 462 g/mol. The number of amides is 1. The fourth-order valence-corrected chi connectivity index (χ4v) is 4.30. The largest absolute Gasteiger partial charge is 0.413 e. The Morgan fingerprint density at radius 3 is 2.55 bits per heavy atom. The number of hydrogen-bond donors (Lipinski definition) is 3. The van der Waals surface area contributed by atoms with Gasteiger partial charge in [0, 0.05) is 5.38 Å². The van der Waals surface area contributed by atoms with E-state index in [0.717, 1.165) is 17.7 Å². The second-order valence-corrected chi connectivity index (χ2v) is 8.98. The van der Waals surface area contributed by atoms with Gasteiger partial charge in [0.2, 0.25) is 0 Å². The van der Waals surface area contributed by atoms with Crippen LogP contribution in [-0.4, -0.2) is 24.0 Å². The molecule has 0 radical (unpaired) electrons. The number of aryl methyl sites for hydroxylation is 1. The number of halogens is 1. The second-order valence-electron chi connectivity index (χ2n) is 6.53. The molecule has 164 valence electrons. The maximum absolute atomic E-state index is 12.5. The van der Waals surface area contributed by atoms with E-state index < -0.39 is 22.4 Å². The Balaban J connectivity index is 1.76. The Morgan fingerprint density at radius 2 is 1.94 bits per heavy atom. The number of aromatic nitrogens is 1. The van der Waals surface area contributed by atoms with E-state index >= 15 is 0 Å². The van der Waals surface area contributed by atoms with Crippen molar-refractivity contribution in [2.75, 3.05) is 4.72 Å². The van der Waals surface area contributed by atoms with Gasteiger partial charge < -0.3 is 10.1 Å². The average Bonchev–Trinajstić information content (AvgIpc) is 3.19. The highest BCUT2D eigenvalue weighted by molar-refractivity contribution is 7.87. The number of anilines is 1. The summed E-state index contributed by atoms with van der Waals surface area (Å²) in [5.74, 6) is 0.245. The number of benzene rings is 2. The molecule has 0 spiro atoms. The monoisotopic (exact) mass is 481 g/mol. The fraction of sp³-hybridized carbons (Fsp3) is 0.200. The molecule has 1 amide bonds. The molecule has 0 saturated heterocycles. The first kappa shape index (κ1) is 23.0. The highest BCUT2D eigenvalue weighted by Crippen LogP contribution is 2.26. The van der Waals surface area contributed by atoms with Gasteiger partial charge in [-0.3, -0.25) is 9.27 Å². The Morgan fingerprint density at radius 1 is 1.23 bits per heavy atom. The van der Waals surface area contributed by atoms with Gasteiger partial charge in [0.05, 0.1) is 22.4 Å². The van der Waals surface area contributed by atoms with E-state index in [1.807, 2.05) is 17.0 Å². The molecule has 3 aromatic rings. The quantitative estimate of drug-likeness (QED) is 0.403. The second kappa shape index (κ2) is 10.1. The zero-order chi connectivity index (χ0) is 22.4. The zero-order valence-electron chi connectivity index (χ0n) is 16.4. The van der Waals surface area contributed by atoms with Crippen LogP contribution in [0.4, 0.5) is 10.5 Å². The number of ether oxygens (including phenoxy) is 1. The van der Waals surface area contributed by atoms with Gasteiger partial charge in [-0.05, 0) is 42.7 Å². The molecule has 3 rings (SSSR count). The van der Waals surface area contributed by atoms with Crippen molar-refractivity contribution in [3.8, 4) is 5.75 Å². The van der Waals surface area contributed by atoms with Gasteiger partial charge in [-0.1, -0.05) is 42.8 Å². The Bertz CT molecular complexity index is 1150. The third-order valence-electron chi connectivity index (χ3n) is 4.20. The lowest BCUT2D eigenvalue weighted by atomic mass is 10.1. The van der Waals surface area contributed by atoms with Gasteiger partial charge in [-0.15, -0.1) is 11.3 Å². The van der Waals surface area contributed by atoms with Crippen LogP contribution in [0.1, 0.15) is 29.2 Å². The van der Waals surface area contributed by atoms with Crippen LogP contribution in [0, 0.1) is 0 Å². The summed E-state index contributed by atoms with van der Waals surface area (Å²) in [4.78, 5) is 17.1. The normalized spacial score (nSPS) is 12.2. The highest BCUT2D eigenvalue weighted by atomic mass is 35.5. The first-order chi connectivity index (χ1) is 14.7. The van der Waals surface area contributed by atoms with Crippen molar-refractivity contribution in [1.29, 1.82) is 0 Å². The minimum absolute atomic E-state index is 0.219. The molecule has 2 aromatic carbocycles. The highest BCUT2D eigenvalue weighted by Gasteiger charge is 2.21. The number of carbonyl (C=O) groups is 1. The molecule has 3 N–H and O–H groups in total. The number of hydrogen-bond acceptors (Lipinski definition) is 6. The van der Waals surface area contributed by atoms with Crippen LogP contribution in [0.15, 0.2) is 53.9 Å². The van der Waals surface area contributed by atoms with Crippen molar-refractivity contribution in [3.63, 3.8) is 0 Å². The molecule has 1 atom stereocenters. The molecular formula is C20H20ClN3O5S2. The summed E-state index contributed by atoms with van der Waals surface area (Å²) < 4.78 is 38.1. The maximum Gasteiger partial charge on any atom is 0.413 e. The summed E-state index contributed by atoms with van der Waals surface area (Å²) in [5, 5.41) is 5.79. The molecule has 0 aliphatic carbocycles. The minimum atomic E-state index is -4.35. The summed E-state index contributed by atoms with van der Waals surface area (Å²) >= 11 is 7.48. The number of nitrogens with zero attached hydrogens (tertiary/aromatic N) is 1. The van der Waals surface area contributed by atoms with E-state index in [2.05, 4.69) is 10.3 Å². The Kier molecular flexibility index (Phi) is 7.50. The SMILES string of the molecule is CCc1csc([C@H](Cc2ccc(NS(=O)(=O)O)cc2)NC(=O)Oc2ccccc2Cl)n1. The van der Waals surface area contributed by atoms with Crippen LogP contribution in [0.3, 0.4) is 0 Å². The van der Waals surface area contributed by atoms with E-state index in [0.29, 0.717) is 16.5 Å². The van der Waals surface area contributed by atoms with Crippen molar-refractivity contribution in [1.82, 2.24) is 10.3 Å². The molecule has 31 heavy (non-hydrogen) atoms. The summed E-state index contributed by atoms with van der Waals surface area (Å²) in [6.45, 7) is 1.99. The van der Waals surface area contributed by atoms with Crippen LogP contribution in [0.25, 0.3) is 0 Å². The lowest BCUT2D eigenvalue weighted by Crippen LogP contribution is -2.32. The molecule has 0 aliphatic rings. The van der Waals surface area contributed by atoms with Gasteiger partial charge >= 0.3 is 16.4 Å². The molecule has 0 fully saturated rings. The number of nitrogens with one attached hydrogen (secondary N) is 2. The minimum Gasteiger partial charge on any atom is -0.409 e. The summed E-state index contributed by atoms with van der Waals surface area (Å²) in [6.07, 6.45) is 0.486. The maximum atomic E-state index is 12.5. The number of para-hydroxylation sites is 1. The van der Waals surface area contributed by atoms with Crippen molar-refractivity contribution in [2.45, 2.75) is 25.8 Å². The molecule has 0 saturated carbocycles. The van der Waals surface area contributed by atoms with Crippen LogP contribution in [-0.2, 0) is 23.1 Å². The van der Waals surface area contributed by atoms with Crippen LogP contribution < -0.4 is 14.8 Å². The molecule has 8 nitrogen and oxygen atoms in total. The third kappa shape index (κ3) is 6.93. The first-order valence-corrected chi connectivity index (χ1v) is 11.9. The predicted octanol–water partition coefficient (Wildman–Crippen LogP) is 4.65. The number of carbonyl (C=O) groups excluding carboxylic acids is 1. The van der Waals surface area contributed by atoms with E-state index in [4.69, 9.17) is 20.9 Å². The molecule has 1 aromatic heterocycles. The van der Waals surface area contributed by atoms with Gasteiger partial charge in [0.15, 0.2) is 5.75 Å². The van der Waals surface area contributed by atoms with Crippen molar-refractivity contribution in [2.24, 2.45) is 0 Å². The zero-order valence-corrected chi connectivity index (χ0v) is 18.8. The molecule has 11 heteroatoms. The van der Waals surface area contributed by atoms with Crippen molar-refractivity contribution < 1.29 is 22.5 Å². The third-order valence-corrected chi connectivity index (χ3v) is 6.01. The number of rotatable bonds is 8. The molecule has 0 aliphatic heterocycles. The van der Waals surface area contributed by atoms with Gasteiger partial charge in [-0.2, -0.15) is 8.42 Å². The van der Waals surface area contributed by atoms with E-state index in [1.54, 1.807) is 36.4 Å². The van der Waals surface area contributed by atoms with E-state index in [1.165, 1.54) is 23.5 Å². The molecule has 1 heterocycles. The lowest BCUT2D eigenvalue weighted by molar-refractivity contribution is 0.196. The Hall–Kier alpha value is -2.66. The van der Waals surface area contributed by atoms with Crippen LogP contribution >= 0.6 is 22.9 Å². The van der Waals surface area contributed by atoms with Gasteiger partial charge in [-0.25, -0.2) is 9.78 Å². The average molecular weight is 482 g/mol. The van der Waals surface area contributed by atoms with Crippen molar-refractivity contribution in [3.05, 3.63) is 75.2 Å². The van der Waals surface area contributed by atoms with Crippen LogP contribution in [0.2, 0.25) is 5.02 Å². The topological polar surface area (TPSA) is 118 Å². The van der Waals surface area contributed by atoms with E-state index in [-0.39, 0.29) is 11.4 Å². The van der Waals surface area contributed by atoms with Crippen molar-refractivity contribution >= 4 is 45.0 Å². The lowest BCUT2D eigenvalue weighted by Gasteiger charge is -2.17. The molecule has 0 bridgehead atoms. The van der Waals surface area contributed by atoms with E-state index in [9.17, 15) is 13.2 Å². The standard InChI is InChI=1S/C20H20ClN3O5S2/c1-2-14-12-30-19(22-14)17(23-20(25)29-18-6-4-3-5-16(18)21)11-13-7-9-15(10-8-13)24-31(26,27)28/h3-10,12,17,24H,2,11H2,1H3,(H,23,25)(H,26,27,28)/t17-/m0/s1. The summed E-state index contributed by atoms with van der Waals surface area (Å²) in [7, 11) is -4.35. The van der Waals surface area contributed by atoms with Gasteiger partial charge in [0.1, 0.15) is 5.01 Å². The number of thiazole rings is 1. The summed E-state index contributed by atoms with van der Waals surface area (Å²) in [6, 6.07) is 12.6. The smallest absolute Gasteiger partial charge is 0.409 e. The predicted molar refractivity (Wildman–Crippen MR) is 120 cm³/mol. The van der Waals surface area contributed by atoms with Gasteiger partial charge in [0.25, 0.3) is 0 Å². The molecule has 0 unspecified atom stereocenters. The Labute approximate surface area is 189 Å². The first-order valence-electron chi connectivity index (χ1n) is 9.25.